The number of hydrogen-bond donors (Lipinski definition) is 1. The van der Waals surface area contributed by atoms with Crippen molar-refractivity contribution in [2.75, 3.05) is 20.7 Å². The first-order chi connectivity index (χ1) is 22.7. The average Bonchev–Trinajstić information content (AvgIpc) is 3.39. The van der Waals surface area contributed by atoms with Gasteiger partial charge in [0.1, 0.15) is 18.4 Å². The van der Waals surface area contributed by atoms with E-state index < -0.39 is 5.92 Å². The van der Waals surface area contributed by atoms with Crippen LogP contribution in [-0.2, 0) is 51.7 Å². The van der Waals surface area contributed by atoms with Crippen molar-refractivity contribution in [3.8, 4) is 0 Å². The monoisotopic (exact) mass is 641 g/mol. The van der Waals surface area contributed by atoms with Crippen molar-refractivity contribution >= 4 is 35.6 Å². The van der Waals surface area contributed by atoms with Gasteiger partial charge in [0, 0.05) is 56.7 Å². The van der Waals surface area contributed by atoms with E-state index in [2.05, 4.69) is 25.1 Å². The lowest BCUT2D eigenvalue weighted by Gasteiger charge is -2.29. The molecule has 2 aromatic carbocycles. The Balaban J connectivity index is 1.65. The molecule has 2 aliphatic rings. The molecule has 2 unspecified atom stereocenters. The molecule has 2 heterocycles. The number of aromatic nitrogens is 1. The zero-order chi connectivity index (χ0) is 33.8. The molecule has 8 nitrogen and oxygen atoms in total. The van der Waals surface area contributed by atoms with E-state index >= 15 is 4.39 Å². The van der Waals surface area contributed by atoms with Crippen LogP contribution in [0.5, 0.6) is 0 Å². The summed E-state index contributed by atoms with van der Waals surface area (Å²) in [6.45, 7) is 6.93. The summed E-state index contributed by atoms with van der Waals surface area (Å²) in [6.07, 6.45) is 6.76. The Labute approximate surface area is 275 Å². The maximum Gasteiger partial charge on any atom is 0.209 e. The smallest absolute Gasteiger partial charge is 0.209 e. The molecule has 1 amide bonds. The van der Waals surface area contributed by atoms with Crippen molar-refractivity contribution in [1.82, 2.24) is 14.8 Å². The van der Waals surface area contributed by atoms with Gasteiger partial charge in [-0.05, 0) is 89.6 Å². The van der Waals surface area contributed by atoms with Crippen LogP contribution >= 0.6 is 0 Å². The minimum absolute atomic E-state index is 0.132. The number of amides is 1. The highest BCUT2D eigenvalue weighted by Crippen LogP contribution is 2.46. The topological polar surface area (TPSA) is 100 Å². The second-order valence-electron chi connectivity index (χ2n) is 12.6. The van der Waals surface area contributed by atoms with Crippen molar-refractivity contribution in [3.63, 3.8) is 0 Å². The van der Waals surface area contributed by atoms with Gasteiger partial charge in [-0.15, -0.1) is 0 Å². The van der Waals surface area contributed by atoms with E-state index in [-0.39, 0.29) is 24.9 Å². The Morgan fingerprint density at radius 1 is 1.19 bits per heavy atom. The molecular formula is C38H44FN3O5. The summed E-state index contributed by atoms with van der Waals surface area (Å²) < 4.78 is 22.1. The molecule has 9 heteroatoms. The fraction of sp³-hybridized carbons (Fsp3) is 0.421. The third-order valence-corrected chi connectivity index (χ3v) is 9.68. The van der Waals surface area contributed by atoms with Crippen molar-refractivity contribution in [1.29, 1.82) is 0 Å². The average molecular weight is 642 g/mol. The second-order valence-corrected chi connectivity index (χ2v) is 12.6. The van der Waals surface area contributed by atoms with E-state index in [0.29, 0.717) is 73.2 Å². The van der Waals surface area contributed by atoms with Crippen molar-refractivity contribution in [2.24, 2.45) is 5.92 Å². The lowest BCUT2D eigenvalue weighted by molar-refractivity contribution is -0.117. The van der Waals surface area contributed by atoms with Gasteiger partial charge in [0.05, 0.1) is 29.6 Å². The Morgan fingerprint density at radius 2 is 1.98 bits per heavy atom. The first-order valence-electron chi connectivity index (χ1n) is 16.4. The third-order valence-electron chi connectivity index (χ3n) is 9.68. The van der Waals surface area contributed by atoms with Crippen LogP contribution in [0.25, 0.3) is 16.6 Å². The molecule has 3 aromatic rings. The number of halogens is 1. The van der Waals surface area contributed by atoms with Crippen molar-refractivity contribution in [3.05, 3.63) is 91.9 Å². The van der Waals surface area contributed by atoms with Gasteiger partial charge in [-0.3, -0.25) is 9.59 Å². The highest BCUT2D eigenvalue weighted by atomic mass is 19.1. The molecule has 2 atom stereocenters. The number of benzene rings is 2. The van der Waals surface area contributed by atoms with E-state index in [4.69, 9.17) is 9.72 Å². The molecule has 0 saturated heterocycles. The highest BCUT2D eigenvalue weighted by molar-refractivity contribution is 5.93. The summed E-state index contributed by atoms with van der Waals surface area (Å²) >= 11 is 0. The SMILES string of the molecule is CCc1ccc(COC2CCc3c(C)c(F)cc4nc5c(c2c34)CN(C)/C5=C\C(=C(/C=O)CCO)C(C=O)CC)c(CN(C)C=O)c1. The van der Waals surface area contributed by atoms with Crippen LogP contribution < -0.4 is 0 Å². The summed E-state index contributed by atoms with van der Waals surface area (Å²) in [5.74, 6) is -0.833. The molecule has 0 bridgehead atoms. The van der Waals surface area contributed by atoms with Gasteiger partial charge in [-0.1, -0.05) is 32.0 Å². The van der Waals surface area contributed by atoms with Gasteiger partial charge in [0.15, 0.2) is 0 Å². The number of hydrogen-bond acceptors (Lipinski definition) is 7. The standard InChI is InChI=1S/C38H44FN3O5/c1-6-24-8-9-27(28(14-24)17-41(4)22-46)21-47-35-11-10-29-23(3)32(39)16-33-36(29)37(35)31-18-42(5)34(38(31)40-33)15-30(25(7-2)19-44)26(20-45)12-13-43/h8-9,14-16,19-20,22,25,35,43H,6-7,10-13,17-18,21H2,1-5H3/b30-26+,34-15-. The molecule has 248 valence electrons. The Kier molecular flexibility index (Phi) is 10.7. The lowest BCUT2D eigenvalue weighted by atomic mass is 9.83. The number of rotatable bonds is 14. The number of fused-ring (bicyclic) bond motifs is 2. The predicted molar refractivity (Wildman–Crippen MR) is 180 cm³/mol. The minimum Gasteiger partial charge on any atom is -0.396 e. The van der Waals surface area contributed by atoms with E-state index in [1.165, 1.54) is 11.6 Å². The molecule has 0 radical (unpaired) electrons. The minimum atomic E-state index is -0.528. The normalized spacial score (nSPS) is 17.5. The molecule has 1 N–H and O–H groups in total. The van der Waals surface area contributed by atoms with Gasteiger partial charge in [-0.25, -0.2) is 9.37 Å². The number of aryl methyl sites for hydroxylation is 2. The van der Waals surface area contributed by atoms with Crippen LogP contribution in [0.2, 0.25) is 0 Å². The molecule has 0 fully saturated rings. The molecule has 0 saturated carbocycles. The lowest BCUT2D eigenvalue weighted by Crippen LogP contribution is -2.19. The molecule has 47 heavy (non-hydrogen) atoms. The molecule has 1 aromatic heterocycles. The third kappa shape index (κ3) is 6.64. The largest absolute Gasteiger partial charge is 0.396 e. The number of pyridine rings is 1. The summed E-state index contributed by atoms with van der Waals surface area (Å²) in [6, 6.07) is 7.80. The fourth-order valence-corrected chi connectivity index (χ4v) is 7.00. The number of aliphatic hydroxyl groups excluding tert-OH is 1. The summed E-state index contributed by atoms with van der Waals surface area (Å²) in [7, 11) is 3.70. The molecule has 1 aliphatic carbocycles. The number of ether oxygens (including phenoxy) is 1. The van der Waals surface area contributed by atoms with Gasteiger partial charge >= 0.3 is 0 Å². The van der Waals surface area contributed by atoms with Crippen LogP contribution in [-0.4, -0.2) is 59.6 Å². The van der Waals surface area contributed by atoms with Crippen molar-refractivity contribution in [2.45, 2.75) is 78.7 Å². The second kappa shape index (κ2) is 14.7. The zero-order valence-electron chi connectivity index (χ0n) is 27.9. The fourth-order valence-electron chi connectivity index (χ4n) is 7.00. The zero-order valence-corrected chi connectivity index (χ0v) is 27.9. The van der Waals surface area contributed by atoms with Gasteiger partial charge in [0.2, 0.25) is 6.41 Å². The van der Waals surface area contributed by atoms with Crippen LogP contribution in [0.4, 0.5) is 4.39 Å². The van der Waals surface area contributed by atoms with E-state index in [9.17, 15) is 19.5 Å². The van der Waals surface area contributed by atoms with E-state index in [1.54, 1.807) is 11.9 Å². The summed E-state index contributed by atoms with van der Waals surface area (Å²) in [5, 5.41) is 10.6. The Bertz CT molecular complexity index is 1760. The Morgan fingerprint density at radius 3 is 2.64 bits per heavy atom. The number of carbonyl (C=O) groups is 3. The van der Waals surface area contributed by atoms with E-state index in [1.807, 2.05) is 31.9 Å². The number of aldehydes is 2. The van der Waals surface area contributed by atoms with E-state index in [0.717, 1.165) is 58.0 Å². The van der Waals surface area contributed by atoms with Gasteiger partial charge in [-0.2, -0.15) is 0 Å². The maximum atomic E-state index is 15.3. The number of aliphatic hydroxyl groups is 1. The number of allylic oxidation sites excluding steroid dienone is 2. The summed E-state index contributed by atoms with van der Waals surface area (Å²) in [5.41, 5.74) is 9.68. The molecule has 0 spiro atoms. The van der Waals surface area contributed by atoms with Crippen molar-refractivity contribution < 1.29 is 28.6 Å². The van der Waals surface area contributed by atoms with Crippen LogP contribution in [0.1, 0.15) is 83.9 Å². The molecule has 1 aliphatic heterocycles. The van der Waals surface area contributed by atoms with Crippen LogP contribution in [0, 0.1) is 18.7 Å². The first kappa shape index (κ1) is 34.1. The summed E-state index contributed by atoms with van der Waals surface area (Å²) in [4.78, 5) is 44.3. The number of nitrogens with zero attached hydrogens (tertiary/aromatic N) is 3. The van der Waals surface area contributed by atoms with Crippen LogP contribution in [0.15, 0.2) is 41.5 Å². The Hall–Kier alpha value is -4.21. The first-order valence-corrected chi connectivity index (χ1v) is 16.4. The maximum absolute atomic E-state index is 15.3. The predicted octanol–water partition coefficient (Wildman–Crippen LogP) is 5.93. The quantitative estimate of drug-likeness (QED) is 0.172. The number of carbonyl (C=O) groups excluding carboxylic acids is 3. The highest BCUT2D eigenvalue weighted by Gasteiger charge is 2.35. The van der Waals surface area contributed by atoms with Gasteiger partial charge in [0.25, 0.3) is 0 Å². The molecule has 5 rings (SSSR count). The van der Waals surface area contributed by atoms with Crippen LogP contribution in [0.3, 0.4) is 0 Å². The van der Waals surface area contributed by atoms with Gasteiger partial charge < -0.3 is 24.4 Å². The molecular weight excluding hydrogens is 597 g/mol.